The van der Waals surface area contributed by atoms with Crippen molar-refractivity contribution in [3.8, 4) is 28.4 Å². The fourth-order valence-electron chi connectivity index (χ4n) is 3.53. The first-order chi connectivity index (χ1) is 14.5. The number of aliphatic hydroxyl groups excluding tert-OH is 1. The van der Waals surface area contributed by atoms with Gasteiger partial charge in [0.05, 0.1) is 46.5 Å². The summed E-state index contributed by atoms with van der Waals surface area (Å²) in [5, 5.41) is 14.9. The molecule has 0 amide bonds. The van der Waals surface area contributed by atoms with Crippen molar-refractivity contribution in [2.45, 2.75) is 18.9 Å². The first-order valence-electron chi connectivity index (χ1n) is 9.40. The number of H-pyrrole nitrogens is 1. The highest BCUT2D eigenvalue weighted by molar-refractivity contribution is 6.00. The molecule has 1 aliphatic carbocycles. The van der Waals surface area contributed by atoms with E-state index in [4.69, 9.17) is 23.8 Å². The molecule has 0 aliphatic heterocycles. The topological polar surface area (TPSA) is 112 Å². The van der Waals surface area contributed by atoms with Gasteiger partial charge in [0.25, 0.3) is 0 Å². The molecule has 0 radical (unpaired) electrons. The summed E-state index contributed by atoms with van der Waals surface area (Å²) in [5.74, 6) is 0.727. The molecule has 2 N–H and O–H groups in total. The second-order valence-corrected chi connectivity index (χ2v) is 6.78. The number of hydrogen-bond donors (Lipinski definition) is 2. The first-order valence-corrected chi connectivity index (χ1v) is 9.40. The van der Waals surface area contributed by atoms with Crippen molar-refractivity contribution in [1.29, 1.82) is 0 Å². The number of aliphatic hydroxyl groups is 1. The van der Waals surface area contributed by atoms with Crippen molar-refractivity contribution in [2.24, 2.45) is 11.1 Å². The van der Waals surface area contributed by atoms with Crippen LogP contribution < -0.4 is 14.2 Å². The lowest BCUT2D eigenvalue weighted by molar-refractivity contribution is 0.0585. The number of carbonyl (C=O) groups is 1. The van der Waals surface area contributed by atoms with Gasteiger partial charge >= 0.3 is 5.97 Å². The van der Waals surface area contributed by atoms with Crippen molar-refractivity contribution in [1.82, 2.24) is 4.98 Å². The monoisotopic (exact) mass is 418 g/mol. The van der Waals surface area contributed by atoms with Gasteiger partial charge in [-0.15, -0.1) is 0 Å². The molecule has 30 heavy (non-hydrogen) atoms. The zero-order valence-corrected chi connectivity index (χ0v) is 17.6. The third-order valence-electron chi connectivity index (χ3n) is 5.08. The minimum Gasteiger partial charge on any atom is -0.493 e. The highest BCUT2D eigenvalue weighted by Gasteiger charge is 2.38. The third kappa shape index (κ3) is 3.80. The second-order valence-electron chi connectivity index (χ2n) is 6.78. The zero-order valence-electron chi connectivity index (χ0n) is 17.6. The molecular weight excluding hydrogens is 392 g/mol. The van der Waals surface area contributed by atoms with Crippen LogP contribution in [0.4, 0.5) is 0 Å². The molecule has 3 rings (SSSR count). The molecule has 1 aliphatic rings. The molecule has 1 aromatic carbocycles. The molecule has 162 valence electrons. The number of aromatic amines is 1. The van der Waals surface area contributed by atoms with Crippen LogP contribution in [0.1, 0.15) is 40.7 Å². The Bertz CT molecular complexity index is 947. The maximum Gasteiger partial charge on any atom is 0.354 e. The summed E-state index contributed by atoms with van der Waals surface area (Å²) in [6.45, 7) is 0. The molecule has 2 aromatic rings. The van der Waals surface area contributed by atoms with Crippen LogP contribution in [-0.4, -0.2) is 57.8 Å². The molecule has 1 atom stereocenters. The van der Waals surface area contributed by atoms with Gasteiger partial charge in [-0.3, -0.25) is 0 Å². The lowest BCUT2D eigenvalue weighted by Crippen LogP contribution is -2.10. The highest BCUT2D eigenvalue weighted by atomic mass is 16.6. The average molecular weight is 418 g/mol. The Morgan fingerprint density at radius 3 is 2.37 bits per heavy atom. The Hall–Kier alpha value is -3.20. The summed E-state index contributed by atoms with van der Waals surface area (Å²) >= 11 is 0. The molecule has 0 saturated heterocycles. The first kappa shape index (κ1) is 21.5. The Labute approximate surface area is 174 Å². The van der Waals surface area contributed by atoms with Crippen LogP contribution in [0.15, 0.2) is 17.3 Å². The minimum atomic E-state index is -0.868. The van der Waals surface area contributed by atoms with Gasteiger partial charge in [0.2, 0.25) is 5.75 Å². The van der Waals surface area contributed by atoms with Crippen molar-refractivity contribution in [2.75, 3.05) is 35.5 Å². The fourth-order valence-corrected chi connectivity index (χ4v) is 3.53. The van der Waals surface area contributed by atoms with E-state index in [0.717, 1.165) is 12.8 Å². The van der Waals surface area contributed by atoms with Gasteiger partial charge in [-0.1, -0.05) is 5.16 Å². The number of nitrogens with one attached hydrogen (secondary N) is 1. The van der Waals surface area contributed by atoms with E-state index in [9.17, 15) is 9.90 Å². The van der Waals surface area contributed by atoms with Gasteiger partial charge < -0.3 is 33.9 Å². The van der Waals surface area contributed by atoms with Crippen molar-refractivity contribution >= 4 is 12.2 Å². The third-order valence-corrected chi connectivity index (χ3v) is 5.08. The molecule has 9 nitrogen and oxygen atoms in total. The molecule has 0 bridgehead atoms. The zero-order chi connectivity index (χ0) is 21.8. The lowest BCUT2D eigenvalue weighted by atomic mass is 9.93. The van der Waals surface area contributed by atoms with Crippen molar-refractivity contribution in [3.05, 3.63) is 29.1 Å². The molecule has 1 unspecified atom stereocenters. The van der Waals surface area contributed by atoms with Crippen LogP contribution >= 0.6 is 0 Å². The number of aromatic nitrogens is 1. The smallest absolute Gasteiger partial charge is 0.354 e. The van der Waals surface area contributed by atoms with E-state index in [0.29, 0.717) is 39.6 Å². The molecule has 9 heteroatoms. The van der Waals surface area contributed by atoms with E-state index in [1.165, 1.54) is 41.8 Å². The minimum absolute atomic E-state index is 0.0568. The van der Waals surface area contributed by atoms with Gasteiger partial charge in [0, 0.05) is 16.7 Å². The van der Waals surface area contributed by atoms with Gasteiger partial charge in [-0.05, 0) is 30.9 Å². The van der Waals surface area contributed by atoms with Crippen molar-refractivity contribution in [3.63, 3.8) is 0 Å². The van der Waals surface area contributed by atoms with E-state index in [-0.39, 0.29) is 11.6 Å². The van der Waals surface area contributed by atoms with Crippen LogP contribution in [0.3, 0.4) is 0 Å². The molecular formula is C21H26N2O7. The number of carbonyl (C=O) groups excluding carboxylic acids is 1. The molecule has 1 fully saturated rings. The molecule has 1 heterocycles. The van der Waals surface area contributed by atoms with Crippen LogP contribution in [0.25, 0.3) is 11.1 Å². The fraction of sp³-hybridized carbons (Fsp3) is 0.429. The van der Waals surface area contributed by atoms with E-state index in [2.05, 4.69) is 10.1 Å². The Morgan fingerprint density at radius 1 is 1.13 bits per heavy atom. The largest absolute Gasteiger partial charge is 0.493 e. The summed E-state index contributed by atoms with van der Waals surface area (Å²) in [6, 6.07) is 3.50. The average Bonchev–Trinajstić information content (AvgIpc) is 3.56. The van der Waals surface area contributed by atoms with Crippen LogP contribution in [0.2, 0.25) is 0 Å². The maximum absolute atomic E-state index is 12.5. The Morgan fingerprint density at radius 2 is 1.83 bits per heavy atom. The number of nitrogens with zero attached hydrogens (tertiary/aromatic N) is 1. The predicted molar refractivity (Wildman–Crippen MR) is 110 cm³/mol. The Balaban J connectivity index is 2.36. The SMILES string of the molecule is CON=Cc1[nH]c(C(=O)OC)c(C(O)C2CC2)c1-c1ccc(OC)c(OC)c1OC. The van der Waals surface area contributed by atoms with E-state index < -0.39 is 12.1 Å². The standard InChI is InChI=1S/C21H26N2O7/c1-26-14-9-8-12(19(27-2)20(14)28-3)15-13(10-22-30-5)23-17(21(25)29-4)16(15)18(24)11-6-7-11/h8-11,18,23-24H,6-7H2,1-5H3. The summed E-state index contributed by atoms with van der Waals surface area (Å²) in [4.78, 5) is 20.4. The number of benzene rings is 1. The van der Waals surface area contributed by atoms with Gasteiger partial charge in [-0.25, -0.2) is 4.79 Å². The van der Waals surface area contributed by atoms with E-state index >= 15 is 0 Å². The lowest BCUT2D eigenvalue weighted by Gasteiger charge is -2.18. The number of oxime groups is 1. The maximum atomic E-state index is 12.5. The van der Waals surface area contributed by atoms with Crippen molar-refractivity contribution < 1.29 is 33.7 Å². The molecule has 1 aromatic heterocycles. The number of hydrogen-bond acceptors (Lipinski definition) is 8. The molecule has 1 saturated carbocycles. The summed E-state index contributed by atoms with van der Waals surface area (Å²) in [7, 11) is 7.25. The van der Waals surface area contributed by atoms with Crippen LogP contribution in [-0.2, 0) is 9.57 Å². The second kappa shape index (κ2) is 9.08. The normalized spacial score (nSPS) is 14.5. The predicted octanol–water partition coefficient (Wildman–Crippen LogP) is 2.92. The van der Waals surface area contributed by atoms with Gasteiger partial charge in [0.15, 0.2) is 11.5 Å². The quantitative estimate of drug-likeness (QED) is 0.366. The number of rotatable bonds is 9. The highest BCUT2D eigenvalue weighted by Crippen LogP contribution is 2.50. The number of ether oxygens (including phenoxy) is 4. The number of methoxy groups -OCH3 is 4. The summed E-state index contributed by atoms with van der Waals surface area (Å²) in [6.07, 6.45) is 2.31. The van der Waals surface area contributed by atoms with E-state index in [1.807, 2.05) is 0 Å². The Kier molecular flexibility index (Phi) is 6.51. The summed E-state index contributed by atoms with van der Waals surface area (Å²) < 4.78 is 21.5. The van der Waals surface area contributed by atoms with Gasteiger partial charge in [0.1, 0.15) is 12.8 Å². The number of esters is 1. The summed E-state index contributed by atoms with van der Waals surface area (Å²) in [5.41, 5.74) is 2.17. The van der Waals surface area contributed by atoms with Crippen LogP contribution in [0.5, 0.6) is 17.2 Å². The van der Waals surface area contributed by atoms with Gasteiger partial charge in [-0.2, -0.15) is 0 Å². The molecule has 0 spiro atoms. The van der Waals surface area contributed by atoms with Crippen LogP contribution in [0, 0.1) is 5.92 Å². The van der Waals surface area contributed by atoms with E-state index in [1.54, 1.807) is 12.1 Å².